The lowest BCUT2D eigenvalue weighted by Crippen LogP contribution is -2.64. The van der Waals surface area contributed by atoms with Crippen molar-refractivity contribution < 1.29 is 44.1 Å². The molecule has 0 amide bonds. The van der Waals surface area contributed by atoms with Crippen LogP contribution in [0.25, 0.3) is 0 Å². The lowest BCUT2D eigenvalue weighted by Gasteiger charge is -2.47. The summed E-state index contributed by atoms with van der Waals surface area (Å²) in [6, 6.07) is 18.1. The van der Waals surface area contributed by atoms with Gasteiger partial charge in [-0.05, 0) is 5.56 Å². The van der Waals surface area contributed by atoms with Crippen LogP contribution in [0.3, 0.4) is 0 Å². The number of rotatable bonds is 8. The normalized spacial score (nSPS) is 29.9. The maximum atomic E-state index is 12.1. The van der Waals surface area contributed by atoms with E-state index in [2.05, 4.69) is 0 Å². The highest BCUT2D eigenvalue weighted by Gasteiger charge is 2.54. The molecule has 0 radical (unpaired) electrons. The van der Waals surface area contributed by atoms with Crippen molar-refractivity contribution in [1.82, 2.24) is 0 Å². The minimum absolute atomic E-state index is 0.0324. The van der Waals surface area contributed by atoms with Crippen molar-refractivity contribution in [2.75, 3.05) is 19.1 Å². The summed E-state index contributed by atoms with van der Waals surface area (Å²) < 4.78 is 82.6. The standard InChI is InChI=1S/C22H26O10S2/c1-33(23,24)31-19-18-17(14-28-21(30-18)16-11-7-4-8-12-16)29-22(20(19)32-34(2,25)26)27-13-15-9-5-3-6-10-15/h3-12,17-22H,13-14H2,1-2H3/t17-,18+,19-,20+,21-,22-/m0/s1. The van der Waals surface area contributed by atoms with Crippen LogP contribution in [0.1, 0.15) is 17.4 Å². The largest absolute Gasteiger partial charge is 0.346 e. The monoisotopic (exact) mass is 514 g/mol. The third kappa shape index (κ3) is 6.61. The third-order valence-electron chi connectivity index (χ3n) is 5.18. The van der Waals surface area contributed by atoms with Crippen LogP contribution < -0.4 is 0 Å². The van der Waals surface area contributed by atoms with Gasteiger partial charge in [0.25, 0.3) is 20.2 Å². The Labute approximate surface area is 198 Å². The number of fused-ring (bicyclic) bond motifs is 1. The number of benzene rings is 2. The second-order valence-electron chi connectivity index (χ2n) is 8.05. The van der Waals surface area contributed by atoms with E-state index in [1.807, 2.05) is 36.4 Å². The molecule has 2 fully saturated rings. The predicted molar refractivity (Wildman–Crippen MR) is 119 cm³/mol. The molecule has 186 valence electrons. The second kappa shape index (κ2) is 10.4. The third-order valence-corrected chi connectivity index (χ3v) is 6.33. The first-order valence-corrected chi connectivity index (χ1v) is 14.1. The first kappa shape index (κ1) is 25.2. The molecule has 6 atom stereocenters. The first-order valence-electron chi connectivity index (χ1n) is 10.5. The molecule has 2 saturated heterocycles. The summed E-state index contributed by atoms with van der Waals surface area (Å²) in [5.74, 6) is 0. The van der Waals surface area contributed by atoms with Gasteiger partial charge in [-0.15, -0.1) is 0 Å². The Morgan fingerprint density at radius 1 is 0.824 bits per heavy atom. The smallest absolute Gasteiger partial charge is 0.264 e. The van der Waals surface area contributed by atoms with Gasteiger partial charge in [0.1, 0.15) is 18.3 Å². The van der Waals surface area contributed by atoms with E-state index in [0.717, 1.165) is 18.1 Å². The quantitative estimate of drug-likeness (QED) is 0.481. The molecule has 0 spiro atoms. The van der Waals surface area contributed by atoms with Crippen LogP contribution in [0.5, 0.6) is 0 Å². The first-order chi connectivity index (χ1) is 16.1. The van der Waals surface area contributed by atoms with E-state index in [0.29, 0.717) is 5.56 Å². The zero-order valence-corrected chi connectivity index (χ0v) is 20.2. The van der Waals surface area contributed by atoms with Gasteiger partial charge in [-0.1, -0.05) is 60.7 Å². The molecule has 2 aromatic rings. The summed E-state index contributed by atoms with van der Waals surface area (Å²) in [7, 11) is -8.10. The van der Waals surface area contributed by atoms with E-state index in [1.54, 1.807) is 24.3 Å². The van der Waals surface area contributed by atoms with Crippen molar-refractivity contribution in [3.63, 3.8) is 0 Å². The van der Waals surface area contributed by atoms with Crippen molar-refractivity contribution in [1.29, 1.82) is 0 Å². The molecular formula is C22H26O10S2. The van der Waals surface area contributed by atoms with Crippen molar-refractivity contribution in [3.05, 3.63) is 71.8 Å². The highest BCUT2D eigenvalue weighted by Crippen LogP contribution is 2.37. The van der Waals surface area contributed by atoms with Gasteiger partial charge in [-0.25, -0.2) is 0 Å². The number of hydrogen-bond donors (Lipinski definition) is 0. The Balaban J connectivity index is 1.63. The predicted octanol–water partition coefficient (Wildman–Crippen LogP) is 1.73. The summed E-state index contributed by atoms with van der Waals surface area (Å²) in [6.07, 6.45) is -5.04. The summed E-state index contributed by atoms with van der Waals surface area (Å²) >= 11 is 0. The van der Waals surface area contributed by atoms with Gasteiger partial charge in [-0.2, -0.15) is 16.8 Å². The van der Waals surface area contributed by atoms with Crippen LogP contribution in [0.15, 0.2) is 60.7 Å². The Morgan fingerprint density at radius 2 is 1.41 bits per heavy atom. The van der Waals surface area contributed by atoms with E-state index in [-0.39, 0.29) is 13.2 Å². The summed E-state index contributed by atoms with van der Waals surface area (Å²) in [5.41, 5.74) is 1.49. The summed E-state index contributed by atoms with van der Waals surface area (Å²) in [4.78, 5) is 0. The zero-order valence-electron chi connectivity index (χ0n) is 18.6. The molecule has 0 aliphatic carbocycles. The van der Waals surface area contributed by atoms with Gasteiger partial charge in [-0.3, -0.25) is 8.37 Å². The molecule has 2 aromatic carbocycles. The van der Waals surface area contributed by atoms with Gasteiger partial charge < -0.3 is 18.9 Å². The maximum Gasteiger partial charge on any atom is 0.264 e. The topological polar surface area (TPSA) is 124 Å². The van der Waals surface area contributed by atoms with Crippen LogP contribution in [0.4, 0.5) is 0 Å². The lowest BCUT2D eigenvalue weighted by molar-refractivity contribution is -0.355. The molecule has 10 nitrogen and oxygen atoms in total. The molecule has 34 heavy (non-hydrogen) atoms. The van der Waals surface area contributed by atoms with E-state index >= 15 is 0 Å². The Kier molecular flexibility index (Phi) is 7.69. The summed E-state index contributed by atoms with van der Waals surface area (Å²) in [5, 5.41) is 0. The van der Waals surface area contributed by atoms with Gasteiger partial charge in [0, 0.05) is 5.56 Å². The van der Waals surface area contributed by atoms with Gasteiger partial charge in [0.2, 0.25) is 0 Å². The molecule has 0 bridgehead atoms. The zero-order chi connectivity index (χ0) is 24.3. The van der Waals surface area contributed by atoms with E-state index in [4.69, 9.17) is 27.3 Å². The fourth-order valence-electron chi connectivity index (χ4n) is 3.83. The van der Waals surface area contributed by atoms with E-state index in [9.17, 15) is 16.8 Å². The summed E-state index contributed by atoms with van der Waals surface area (Å²) in [6.45, 7) is 0.0944. The molecule has 12 heteroatoms. The SMILES string of the molecule is CS(=O)(=O)O[C@@H]1[C@@H](OS(C)(=O)=O)[C@@H](OCc2ccccc2)O[C@H]2CO[C@H](c3ccccc3)O[C@@H]12. The van der Waals surface area contributed by atoms with Crippen LogP contribution in [0.2, 0.25) is 0 Å². The molecule has 0 aromatic heterocycles. The lowest BCUT2D eigenvalue weighted by atomic mass is 9.98. The van der Waals surface area contributed by atoms with Gasteiger partial charge in [0.05, 0.1) is 25.7 Å². The fourth-order valence-corrected chi connectivity index (χ4v) is 5.06. The van der Waals surface area contributed by atoms with Crippen LogP contribution in [0, 0.1) is 0 Å². The second-order valence-corrected chi connectivity index (χ2v) is 11.2. The molecule has 2 aliphatic rings. The highest BCUT2D eigenvalue weighted by molar-refractivity contribution is 7.86. The minimum atomic E-state index is -4.05. The van der Waals surface area contributed by atoms with Crippen molar-refractivity contribution in [2.24, 2.45) is 0 Å². The van der Waals surface area contributed by atoms with Gasteiger partial charge >= 0.3 is 0 Å². The Morgan fingerprint density at radius 3 is 2.03 bits per heavy atom. The molecule has 0 unspecified atom stereocenters. The average molecular weight is 515 g/mol. The average Bonchev–Trinajstić information content (AvgIpc) is 2.79. The molecule has 2 heterocycles. The van der Waals surface area contributed by atoms with Crippen molar-refractivity contribution >= 4 is 20.2 Å². The molecule has 2 aliphatic heterocycles. The number of hydrogen-bond acceptors (Lipinski definition) is 10. The molecule has 0 N–H and O–H groups in total. The van der Waals surface area contributed by atoms with Gasteiger partial charge in [0.15, 0.2) is 18.7 Å². The van der Waals surface area contributed by atoms with Crippen molar-refractivity contribution in [3.8, 4) is 0 Å². The Bertz CT molecular complexity index is 1150. The number of ether oxygens (including phenoxy) is 4. The van der Waals surface area contributed by atoms with Crippen LogP contribution >= 0.6 is 0 Å². The van der Waals surface area contributed by atoms with Crippen LogP contribution in [-0.4, -0.2) is 66.7 Å². The van der Waals surface area contributed by atoms with E-state index in [1.165, 1.54) is 0 Å². The fraction of sp³-hybridized carbons (Fsp3) is 0.455. The molecular weight excluding hydrogens is 488 g/mol. The minimum Gasteiger partial charge on any atom is -0.346 e. The van der Waals surface area contributed by atoms with E-state index < -0.39 is 57.2 Å². The molecule has 4 rings (SSSR count). The van der Waals surface area contributed by atoms with Crippen LogP contribution in [-0.2, 0) is 54.2 Å². The molecule has 0 saturated carbocycles. The highest BCUT2D eigenvalue weighted by atomic mass is 32.2. The van der Waals surface area contributed by atoms with Crippen molar-refractivity contribution in [2.45, 2.75) is 43.6 Å². The maximum absolute atomic E-state index is 12.1. The Hall–Kier alpha value is -1.90.